The monoisotopic (exact) mass is 916 g/mol. The molecule has 0 radical (unpaired) electrons. The lowest BCUT2D eigenvalue weighted by Gasteiger charge is -2.50. The lowest BCUT2D eigenvalue weighted by molar-refractivity contribution is 0.332. The van der Waals surface area contributed by atoms with Gasteiger partial charge in [0.25, 0.3) is 6.71 Å². The number of aryl methyl sites for hydroxylation is 1. The Bertz CT molecular complexity index is 3660. The average Bonchev–Trinajstić information content (AvgIpc) is 3.80. The summed E-state index contributed by atoms with van der Waals surface area (Å²) in [5.41, 5.74) is 26.9. The van der Waals surface area contributed by atoms with Crippen molar-refractivity contribution in [2.75, 3.05) is 9.80 Å². The first-order chi connectivity index (χ1) is 32.6. The van der Waals surface area contributed by atoms with Gasteiger partial charge in [-0.25, -0.2) is 0 Å². The number of hydrogen-bond acceptors (Lipinski definition) is 3. The Kier molecular flexibility index (Phi) is 7.99. The van der Waals surface area contributed by atoms with Crippen molar-refractivity contribution in [1.29, 1.82) is 0 Å². The summed E-state index contributed by atoms with van der Waals surface area (Å²) in [5, 5.41) is 4.02. The van der Waals surface area contributed by atoms with Crippen molar-refractivity contribution in [1.82, 2.24) is 0 Å². The fourth-order valence-corrected chi connectivity index (χ4v) is 16.2. The van der Waals surface area contributed by atoms with Gasteiger partial charge in [0.2, 0.25) is 0 Å². The Hall–Kier alpha value is -5.58. The molecule has 0 fully saturated rings. The second kappa shape index (κ2) is 13.0. The first-order valence-corrected chi connectivity index (χ1v) is 26.8. The maximum Gasteiger partial charge on any atom is 0.264 e. The first kappa shape index (κ1) is 42.3. The van der Waals surface area contributed by atoms with Crippen LogP contribution in [0.4, 0.5) is 34.1 Å². The maximum atomic E-state index is 2.77. The van der Waals surface area contributed by atoms with Gasteiger partial charge in [-0.3, -0.25) is 0 Å². The minimum Gasteiger partial charge on any atom is -0.311 e. The molecule has 0 amide bonds. The minimum absolute atomic E-state index is 0.0191. The van der Waals surface area contributed by atoms with Gasteiger partial charge in [-0.15, -0.1) is 11.3 Å². The van der Waals surface area contributed by atoms with Crippen LogP contribution < -0.4 is 25.5 Å². The Morgan fingerprint density at radius 3 is 1.87 bits per heavy atom. The summed E-state index contributed by atoms with van der Waals surface area (Å²) in [5.74, 6) is 0. The smallest absolute Gasteiger partial charge is 0.264 e. The lowest BCUT2D eigenvalue weighted by Crippen LogP contribution is -2.61. The highest BCUT2D eigenvalue weighted by Gasteiger charge is 2.55. The molecule has 14 rings (SSSR count). The van der Waals surface area contributed by atoms with E-state index in [-0.39, 0.29) is 39.2 Å². The Labute approximate surface area is 414 Å². The molecule has 69 heavy (non-hydrogen) atoms. The Morgan fingerprint density at radius 2 is 1.17 bits per heavy atom. The summed E-state index contributed by atoms with van der Waals surface area (Å²) in [4.78, 5) is 5.53. The highest BCUT2D eigenvalue weighted by Crippen LogP contribution is 2.65. The summed E-state index contributed by atoms with van der Waals surface area (Å²) in [6, 6.07) is 44.4. The molecule has 0 spiro atoms. The van der Waals surface area contributed by atoms with Gasteiger partial charge in [0.05, 0.1) is 11.4 Å². The predicted molar refractivity (Wildman–Crippen MR) is 298 cm³/mol. The predicted octanol–water partition coefficient (Wildman–Crippen LogP) is 16.1. The number of fused-ring (bicyclic) bond motifs is 15. The highest BCUT2D eigenvalue weighted by molar-refractivity contribution is 7.33. The van der Waals surface area contributed by atoms with E-state index in [9.17, 15) is 0 Å². The second-order valence-corrected chi connectivity index (χ2v) is 27.1. The molecule has 2 nitrogen and oxygen atoms in total. The second-order valence-electron chi connectivity index (χ2n) is 26.0. The SMILES string of the molecule is Cc1cc2c3c4c1C1(C)c5cc6ccccc6cc5-c5cccc(c51)N4c1cc(C(C)(C)C)ccc1B3c1sc3cc4c(cc3c1N2c1ccc2c(c1)C(C)(C)CCC2(C)C)C(C)(C)CCC4(C)C. The molecule has 3 aliphatic heterocycles. The maximum absolute atomic E-state index is 2.77. The standard InChI is InChI=1S/C65H65BN2S/c1-36-29-52-56-58-54(36)65(13)45-31-38-18-15-14-17-37(38)30-42(45)41-19-16-20-50(55(41)65)68(58)51-32-39(60(2,3)4)21-24-49(51)66(56)59-57(43-34-47-48(35-53(43)69-59)64(11,12)28-27-63(47,9)10)67(52)40-22-23-44-46(33-40)62(7,8)26-25-61(44,5)6/h14-24,29-35H,25-28H2,1-13H3. The number of benzene rings is 7. The number of thiophene rings is 1. The van der Waals surface area contributed by atoms with Gasteiger partial charge < -0.3 is 9.80 Å². The van der Waals surface area contributed by atoms with Crippen LogP contribution in [-0.4, -0.2) is 6.71 Å². The summed E-state index contributed by atoms with van der Waals surface area (Å²) in [6.07, 6.45) is 4.79. The van der Waals surface area contributed by atoms with Gasteiger partial charge in [0, 0.05) is 43.0 Å². The molecule has 6 aliphatic rings. The van der Waals surface area contributed by atoms with Crippen molar-refractivity contribution in [2.45, 2.75) is 148 Å². The quantitative estimate of drug-likeness (QED) is 0.151. The normalized spacial score (nSPS) is 21.0. The lowest BCUT2D eigenvalue weighted by atomic mass is 9.35. The van der Waals surface area contributed by atoms with Crippen molar-refractivity contribution >= 4 is 88.7 Å². The van der Waals surface area contributed by atoms with E-state index in [0.717, 1.165) is 0 Å². The van der Waals surface area contributed by atoms with Crippen molar-refractivity contribution in [3.05, 3.63) is 159 Å². The molecule has 1 atom stereocenters. The van der Waals surface area contributed by atoms with Crippen LogP contribution in [0.3, 0.4) is 0 Å². The minimum atomic E-state index is -0.358. The number of rotatable bonds is 1. The molecular formula is C65H65BN2S. The van der Waals surface area contributed by atoms with Gasteiger partial charge in [-0.2, -0.15) is 0 Å². The van der Waals surface area contributed by atoms with Crippen LogP contribution in [-0.2, 0) is 32.5 Å². The van der Waals surface area contributed by atoms with Gasteiger partial charge in [-0.1, -0.05) is 131 Å². The molecule has 4 heterocycles. The van der Waals surface area contributed by atoms with Crippen molar-refractivity contribution < 1.29 is 0 Å². The third kappa shape index (κ3) is 5.30. The molecule has 1 aromatic heterocycles. The van der Waals surface area contributed by atoms with Gasteiger partial charge in [0.1, 0.15) is 0 Å². The van der Waals surface area contributed by atoms with Crippen LogP contribution in [0.15, 0.2) is 109 Å². The van der Waals surface area contributed by atoms with E-state index >= 15 is 0 Å². The van der Waals surface area contributed by atoms with Crippen LogP contribution in [0.2, 0.25) is 0 Å². The summed E-state index contributed by atoms with van der Waals surface area (Å²) >= 11 is 2.08. The summed E-state index contributed by atoms with van der Waals surface area (Å²) < 4.78 is 2.90. The summed E-state index contributed by atoms with van der Waals surface area (Å²) in [7, 11) is 0. The number of hydrogen-bond donors (Lipinski definition) is 0. The van der Waals surface area contributed by atoms with Crippen molar-refractivity contribution in [3.8, 4) is 11.1 Å². The topological polar surface area (TPSA) is 6.48 Å². The zero-order valence-corrected chi connectivity index (χ0v) is 43.9. The molecule has 1 unspecified atom stereocenters. The Morgan fingerprint density at radius 1 is 0.522 bits per heavy atom. The molecule has 3 aliphatic carbocycles. The number of nitrogens with zero attached hydrogens (tertiary/aromatic N) is 2. The largest absolute Gasteiger partial charge is 0.311 e. The molecule has 7 aromatic carbocycles. The van der Waals surface area contributed by atoms with E-state index in [4.69, 9.17) is 0 Å². The van der Waals surface area contributed by atoms with Gasteiger partial charge >= 0.3 is 0 Å². The van der Waals surface area contributed by atoms with Crippen molar-refractivity contribution in [2.24, 2.45) is 0 Å². The van der Waals surface area contributed by atoms with E-state index in [1.807, 2.05) is 0 Å². The van der Waals surface area contributed by atoms with Crippen molar-refractivity contribution in [3.63, 3.8) is 0 Å². The van der Waals surface area contributed by atoms with Crippen LogP contribution >= 0.6 is 11.3 Å². The van der Waals surface area contributed by atoms with Crippen LogP contribution in [0.25, 0.3) is 32.0 Å². The van der Waals surface area contributed by atoms with E-state index < -0.39 is 0 Å². The zero-order chi connectivity index (χ0) is 47.9. The first-order valence-electron chi connectivity index (χ1n) is 26.0. The van der Waals surface area contributed by atoms with Crippen LogP contribution in [0.1, 0.15) is 159 Å². The molecule has 0 bridgehead atoms. The van der Waals surface area contributed by atoms with E-state index in [1.165, 1.54) is 158 Å². The van der Waals surface area contributed by atoms with Crippen LogP contribution in [0.5, 0.6) is 0 Å². The van der Waals surface area contributed by atoms with E-state index in [1.54, 1.807) is 0 Å². The van der Waals surface area contributed by atoms with Crippen LogP contribution in [0, 0.1) is 6.92 Å². The fourth-order valence-electron chi connectivity index (χ4n) is 14.8. The molecule has 8 aromatic rings. The van der Waals surface area contributed by atoms with Gasteiger partial charge in [-0.05, 0) is 204 Å². The summed E-state index contributed by atoms with van der Waals surface area (Å²) in [6.45, 7) is 32.1. The third-order valence-electron chi connectivity index (χ3n) is 19.0. The highest BCUT2D eigenvalue weighted by atomic mass is 32.1. The van der Waals surface area contributed by atoms with Gasteiger partial charge in [0.15, 0.2) is 0 Å². The Balaban J connectivity index is 1.15. The fraction of sp³-hybridized carbons (Fsp3) is 0.354. The zero-order valence-electron chi connectivity index (χ0n) is 43.1. The molecule has 0 saturated heterocycles. The van der Waals surface area contributed by atoms with E-state index in [2.05, 4.69) is 220 Å². The third-order valence-corrected chi connectivity index (χ3v) is 20.2. The molecular weight excluding hydrogens is 852 g/mol. The molecule has 344 valence electrons. The molecule has 0 saturated carbocycles. The molecule has 4 heteroatoms. The van der Waals surface area contributed by atoms with E-state index in [0.29, 0.717) is 0 Å². The number of anilines is 6. The average molecular weight is 917 g/mol. The molecule has 0 N–H and O–H groups in total.